The molecule has 0 saturated carbocycles. The molecule has 1 aromatic heterocycles. The molecule has 0 aliphatic carbocycles. The van der Waals surface area contributed by atoms with E-state index in [1.165, 1.54) is 0 Å². The number of hydrogen-bond acceptors (Lipinski definition) is 5. The van der Waals surface area contributed by atoms with Crippen LogP contribution in [0.25, 0.3) is 22.2 Å². The summed E-state index contributed by atoms with van der Waals surface area (Å²) in [4.78, 5) is 4.59. The van der Waals surface area contributed by atoms with Gasteiger partial charge in [0.1, 0.15) is 36.2 Å². The van der Waals surface area contributed by atoms with Gasteiger partial charge in [0.25, 0.3) is 0 Å². The van der Waals surface area contributed by atoms with E-state index in [1.54, 1.807) is 0 Å². The zero-order chi connectivity index (χ0) is 24.0. The average molecular weight is 461 g/mol. The number of hydrogen-bond donors (Lipinski definition) is 0. The van der Waals surface area contributed by atoms with E-state index in [0.29, 0.717) is 25.5 Å². The highest BCUT2D eigenvalue weighted by molar-refractivity contribution is 5.88. The SMILES string of the molecule is Cc1oc(-c2ccccc2)nc1COc1ccc(COc2ccc3ccccc3c2CC#N)cc1. The maximum atomic E-state index is 9.30. The number of benzene rings is 4. The Morgan fingerprint density at radius 2 is 1.60 bits per heavy atom. The summed E-state index contributed by atoms with van der Waals surface area (Å²) >= 11 is 0. The van der Waals surface area contributed by atoms with Gasteiger partial charge >= 0.3 is 0 Å². The molecule has 172 valence electrons. The average Bonchev–Trinajstić information content (AvgIpc) is 3.28. The van der Waals surface area contributed by atoms with Crippen molar-refractivity contribution in [3.05, 3.63) is 114 Å². The number of fused-ring (bicyclic) bond motifs is 1. The summed E-state index contributed by atoms with van der Waals surface area (Å²) in [5.41, 5.74) is 3.65. The van der Waals surface area contributed by atoms with E-state index < -0.39 is 0 Å². The highest BCUT2D eigenvalue weighted by atomic mass is 16.5. The number of oxazole rings is 1. The highest BCUT2D eigenvalue weighted by Crippen LogP contribution is 2.29. The monoisotopic (exact) mass is 460 g/mol. The maximum absolute atomic E-state index is 9.30. The van der Waals surface area contributed by atoms with E-state index in [4.69, 9.17) is 13.9 Å². The van der Waals surface area contributed by atoms with Gasteiger partial charge in [0.05, 0.1) is 12.5 Å². The second-order valence-electron chi connectivity index (χ2n) is 8.21. The predicted molar refractivity (Wildman–Crippen MR) is 135 cm³/mol. The molecular weight excluding hydrogens is 436 g/mol. The molecule has 35 heavy (non-hydrogen) atoms. The van der Waals surface area contributed by atoms with Crippen LogP contribution in [0.2, 0.25) is 0 Å². The molecule has 0 spiro atoms. The standard InChI is InChI=1S/C30H24N2O3/c1-21-28(32-30(35-21)24-8-3-2-4-9-24)20-33-25-14-11-22(12-15-25)19-34-29-16-13-23-7-5-6-10-26(23)27(29)17-18-31/h2-16H,17,19-20H2,1H3. The van der Waals surface area contributed by atoms with Gasteiger partial charge in [-0.05, 0) is 53.6 Å². The first-order valence-electron chi connectivity index (χ1n) is 11.4. The molecule has 0 bridgehead atoms. The molecule has 0 unspecified atom stereocenters. The highest BCUT2D eigenvalue weighted by Gasteiger charge is 2.12. The molecule has 0 N–H and O–H groups in total. The number of nitrogens with zero attached hydrogens (tertiary/aromatic N) is 2. The number of nitriles is 1. The van der Waals surface area contributed by atoms with Gasteiger partial charge in [-0.15, -0.1) is 0 Å². The van der Waals surface area contributed by atoms with Crippen molar-refractivity contribution < 1.29 is 13.9 Å². The molecule has 5 rings (SSSR count). The van der Waals surface area contributed by atoms with Crippen molar-refractivity contribution in [2.75, 3.05) is 0 Å². The minimum atomic E-state index is 0.302. The van der Waals surface area contributed by atoms with Crippen molar-refractivity contribution in [3.63, 3.8) is 0 Å². The minimum absolute atomic E-state index is 0.302. The molecule has 0 aliphatic heterocycles. The summed E-state index contributed by atoms with van der Waals surface area (Å²) in [5.74, 6) is 2.82. The van der Waals surface area contributed by atoms with Crippen LogP contribution in [0.15, 0.2) is 95.4 Å². The van der Waals surface area contributed by atoms with Gasteiger partial charge in [-0.1, -0.05) is 60.7 Å². The largest absolute Gasteiger partial charge is 0.489 e. The Balaban J connectivity index is 1.22. The predicted octanol–water partition coefficient (Wildman–Crippen LogP) is 7.03. The maximum Gasteiger partial charge on any atom is 0.226 e. The molecular formula is C30H24N2O3. The van der Waals surface area contributed by atoms with Gasteiger partial charge in [0.2, 0.25) is 5.89 Å². The molecule has 0 saturated heterocycles. The van der Waals surface area contributed by atoms with Gasteiger partial charge in [-0.3, -0.25) is 0 Å². The fourth-order valence-corrected chi connectivity index (χ4v) is 3.97. The first kappa shape index (κ1) is 22.2. The lowest BCUT2D eigenvalue weighted by Gasteiger charge is -2.13. The Morgan fingerprint density at radius 3 is 2.40 bits per heavy atom. The van der Waals surface area contributed by atoms with Crippen molar-refractivity contribution >= 4 is 10.8 Å². The summed E-state index contributed by atoms with van der Waals surface area (Å²) in [6.45, 7) is 2.62. The normalized spacial score (nSPS) is 10.7. The molecule has 0 amide bonds. The van der Waals surface area contributed by atoms with E-state index in [0.717, 1.165) is 50.4 Å². The van der Waals surface area contributed by atoms with E-state index in [2.05, 4.69) is 11.1 Å². The Labute approximate surface area is 204 Å². The van der Waals surface area contributed by atoms with Gasteiger partial charge in [-0.2, -0.15) is 5.26 Å². The Hall–Kier alpha value is -4.56. The van der Waals surface area contributed by atoms with Crippen molar-refractivity contribution in [2.24, 2.45) is 0 Å². The first-order valence-corrected chi connectivity index (χ1v) is 11.4. The van der Waals surface area contributed by atoms with Gasteiger partial charge in [-0.25, -0.2) is 4.98 Å². The zero-order valence-corrected chi connectivity index (χ0v) is 19.4. The fourth-order valence-electron chi connectivity index (χ4n) is 3.97. The molecule has 0 atom stereocenters. The van der Waals surface area contributed by atoms with Crippen LogP contribution in [-0.2, 0) is 19.6 Å². The third-order valence-electron chi connectivity index (χ3n) is 5.86. The van der Waals surface area contributed by atoms with Gasteiger partial charge in [0, 0.05) is 11.1 Å². The number of rotatable bonds is 8. The lowest BCUT2D eigenvalue weighted by atomic mass is 10.0. The molecule has 4 aromatic carbocycles. The second-order valence-corrected chi connectivity index (χ2v) is 8.21. The Morgan fingerprint density at radius 1 is 0.829 bits per heavy atom. The third-order valence-corrected chi connectivity index (χ3v) is 5.86. The van der Waals surface area contributed by atoms with Crippen LogP contribution in [0.3, 0.4) is 0 Å². The number of ether oxygens (including phenoxy) is 2. The lowest BCUT2D eigenvalue weighted by Crippen LogP contribution is -2.00. The van der Waals surface area contributed by atoms with E-state index >= 15 is 0 Å². The summed E-state index contributed by atoms with van der Waals surface area (Å²) < 4.78 is 17.8. The summed E-state index contributed by atoms with van der Waals surface area (Å²) in [7, 11) is 0. The van der Waals surface area contributed by atoms with E-state index in [9.17, 15) is 5.26 Å². The Bertz CT molecular complexity index is 1480. The lowest BCUT2D eigenvalue weighted by molar-refractivity contribution is 0.296. The van der Waals surface area contributed by atoms with Crippen LogP contribution < -0.4 is 9.47 Å². The second kappa shape index (κ2) is 10.1. The third kappa shape index (κ3) is 5.02. The van der Waals surface area contributed by atoms with E-state index in [-0.39, 0.29) is 0 Å². The van der Waals surface area contributed by atoms with Gasteiger partial charge in [0.15, 0.2) is 0 Å². The van der Waals surface area contributed by atoms with Crippen LogP contribution >= 0.6 is 0 Å². The first-order chi connectivity index (χ1) is 17.2. The molecule has 1 heterocycles. The van der Waals surface area contributed by atoms with Crippen molar-refractivity contribution in [1.29, 1.82) is 5.26 Å². The zero-order valence-electron chi connectivity index (χ0n) is 19.4. The summed E-state index contributed by atoms with van der Waals surface area (Å²) in [5, 5.41) is 11.5. The van der Waals surface area contributed by atoms with Crippen molar-refractivity contribution in [3.8, 4) is 29.0 Å². The Kier molecular flexibility index (Phi) is 6.45. The van der Waals surface area contributed by atoms with Crippen LogP contribution in [0, 0.1) is 18.3 Å². The molecule has 0 aliphatic rings. The van der Waals surface area contributed by atoms with Crippen LogP contribution in [0.4, 0.5) is 0 Å². The van der Waals surface area contributed by atoms with Crippen molar-refractivity contribution in [1.82, 2.24) is 4.98 Å². The molecule has 0 fully saturated rings. The molecule has 5 nitrogen and oxygen atoms in total. The quantitative estimate of drug-likeness (QED) is 0.249. The van der Waals surface area contributed by atoms with Crippen LogP contribution in [0.5, 0.6) is 11.5 Å². The van der Waals surface area contributed by atoms with E-state index in [1.807, 2.05) is 97.9 Å². The van der Waals surface area contributed by atoms with Crippen LogP contribution in [-0.4, -0.2) is 4.98 Å². The summed E-state index contributed by atoms with van der Waals surface area (Å²) in [6, 6.07) is 31.9. The number of aryl methyl sites for hydroxylation is 1. The number of aromatic nitrogens is 1. The molecule has 5 heteroatoms. The molecule has 0 radical (unpaired) electrons. The fraction of sp³-hybridized carbons (Fsp3) is 0.133. The molecule has 5 aromatic rings. The smallest absolute Gasteiger partial charge is 0.226 e. The van der Waals surface area contributed by atoms with Crippen LogP contribution in [0.1, 0.15) is 22.6 Å². The summed E-state index contributed by atoms with van der Waals surface area (Å²) in [6.07, 6.45) is 0.302. The van der Waals surface area contributed by atoms with Crippen molar-refractivity contribution in [2.45, 2.75) is 26.6 Å². The van der Waals surface area contributed by atoms with Gasteiger partial charge < -0.3 is 13.9 Å². The minimum Gasteiger partial charge on any atom is -0.489 e. The topological polar surface area (TPSA) is 68.3 Å².